The van der Waals surface area contributed by atoms with Crippen LogP contribution in [0.25, 0.3) is 22.4 Å². The van der Waals surface area contributed by atoms with Crippen LogP contribution in [0.4, 0.5) is 6.01 Å². The van der Waals surface area contributed by atoms with Gasteiger partial charge in [-0.1, -0.05) is 41.5 Å². The summed E-state index contributed by atoms with van der Waals surface area (Å²) in [6.45, 7) is 1.93. The molecule has 0 aliphatic heterocycles. The Morgan fingerprint density at radius 1 is 1.12 bits per heavy atom. The van der Waals surface area contributed by atoms with Crippen LogP contribution in [-0.4, -0.2) is 25.9 Å². The maximum absolute atomic E-state index is 12.6. The van der Waals surface area contributed by atoms with E-state index in [0.29, 0.717) is 11.3 Å². The molecule has 0 spiro atoms. The van der Waals surface area contributed by atoms with E-state index in [1.807, 2.05) is 56.4 Å². The van der Waals surface area contributed by atoms with Gasteiger partial charge < -0.3 is 4.42 Å². The van der Waals surface area contributed by atoms with E-state index in [1.165, 1.54) is 0 Å². The maximum atomic E-state index is 12.6. The van der Waals surface area contributed by atoms with Crippen LogP contribution in [0.2, 0.25) is 0 Å². The van der Waals surface area contributed by atoms with Gasteiger partial charge in [-0.2, -0.15) is 5.10 Å². The summed E-state index contributed by atoms with van der Waals surface area (Å²) in [7, 11) is 1.83. The Morgan fingerprint density at radius 2 is 1.92 bits per heavy atom. The Morgan fingerprint density at radius 3 is 2.72 bits per heavy atom. The lowest BCUT2D eigenvalue weighted by atomic mass is 10.0. The Bertz CT molecular complexity index is 1060. The Balaban J connectivity index is 1.61. The number of rotatable bonds is 3. The van der Waals surface area contributed by atoms with Gasteiger partial charge in [0, 0.05) is 18.3 Å². The lowest BCUT2D eigenvalue weighted by molar-refractivity contribution is 0.102. The van der Waals surface area contributed by atoms with Crippen LogP contribution in [0.15, 0.2) is 52.9 Å². The summed E-state index contributed by atoms with van der Waals surface area (Å²) in [5.41, 5.74) is 2.08. The predicted molar refractivity (Wildman–Crippen MR) is 93.1 cm³/mol. The fraction of sp³-hybridized carbons (Fsp3) is 0.111. The largest absolute Gasteiger partial charge is 0.401 e. The van der Waals surface area contributed by atoms with Gasteiger partial charge in [0.1, 0.15) is 5.69 Å². The Hall–Kier alpha value is -3.48. The van der Waals surface area contributed by atoms with E-state index in [9.17, 15) is 4.79 Å². The first-order valence-electron chi connectivity index (χ1n) is 7.75. The molecule has 0 aliphatic carbocycles. The first-order valence-corrected chi connectivity index (χ1v) is 7.75. The summed E-state index contributed by atoms with van der Waals surface area (Å²) in [6, 6.07) is 15.1. The second kappa shape index (κ2) is 5.86. The van der Waals surface area contributed by atoms with Crippen LogP contribution < -0.4 is 5.32 Å². The van der Waals surface area contributed by atoms with Crippen molar-refractivity contribution in [1.82, 2.24) is 20.0 Å². The van der Waals surface area contributed by atoms with Gasteiger partial charge in [0.25, 0.3) is 11.8 Å². The molecule has 0 saturated carbocycles. The zero-order valence-electron chi connectivity index (χ0n) is 13.7. The number of hydrogen-bond donors (Lipinski definition) is 1. The molecule has 25 heavy (non-hydrogen) atoms. The number of aryl methyl sites for hydroxylation is 2. The SMILES string of the molecule is Cc1cc(-c2nnc(NC(=O)c3cccc4ccccc34)o2)nn1C. The van der Waals surface area contributed by atoms with Gasteiger partial charge in [-0.05, 0) is 29.8 Å². The van der Waals surface area contributed by atoms with Gasteiger partial charge in [-0.3, -0.25) is 14.8 Å². The summed E-state index contributed by atoms with van der Waals surface area (Å²) in [6.07, 6.45) is 0. The molecule has 0 bridgehead atoms. The molecule has 2 aromatic carbocycles. The molecule has 0 aliphatic rings. The molecule has 2 heterocycles. The number of hydrogen-bond acceptors (Lipinski definition) is 5. The summed E-state index contributed by atoms with van der Waals surface area (Å²) in [5, 5.41) is 16.6. The van der Waals surface area contributed by atoms with Gasteiger partial charge in [-0.25, -0.2) is 0 Å². The average Bonchev–Trinajstić information content (AvgIpc) is 3.21. The molecule has 1 amide bonds. The second-order valence-corrected chi connectivity index (χ2v) is 5.69. The molecule has 7 nitrogen and oxygen atoms in total. The van der Waals surface area contributed by atoms with E-state index in [-0.39, 0.29) is 17.8 Å². The third-order valence-corrected chi connectivity index (χ3v) is 4.01. The minimum atomic E-state index is -0.302. The normalized spacial score (nSPS) is 11.0. The van der Waals surface area contributed by atoms with E-state index >= 15 is 0 Å². The quantitative estimate of drug-likeness (QED) is 0.622. The fourth-order valence-corrected chi connectivity index (χ4v) is 2.63. The fourth-order valence-electron chi connectivity index (χ4n) is 2.63. The molecule has 0 radical (unpaired) electrons. The third-order valence-electron chi connectivity index (χ3n) is 4.01. The first kappa shape index (κ1) is 15.1. The molecule has 1 N–H and O–H groups in total. The lowest BCUT2D eigenvalue weighted by Crippen LogP contribution is -2.12. The first-order chi connectivity index (χ1) is 12.1. The van der Waals surface area contributed by atoms with E-state index in [0.717, 1.165) is 16.5 Å². The van der Waals surface area contributed by atoms with Crippen molar-refractivity contribution in [3.8, 4) is 11.6 Å². The van der Waals surface area contributed by atoms with Gasteiger partial charge in [0.15, 0.2) is 0 Å². The van der Waals surface area contributed by atoms with Crippen molar-refractivity contribution in [3.05, 3.63) is 59.8 Å². The van der Waals surface area contributed by atoms with Crippen LogP contribution in [0.1, 0.15) is 16.1 Å². The van der Waals surface area contributed by atoms with Crippen molar-refractivity contribution in [2.45, 2.75) is 6.92 Å². The van der Waals surface area contributed by atoms with Crippen molar-refractivity contribution in [3.63, 3.8) is 0 Å². The number of nitrogens with zero attached hydrogens (tertiary/aromatic N) is 4. The molecule has 0 unspecified atom stereocenters. The molecule has 0 saturated heterocycles. The van der Waals surface area contributed by atoms with Crippen molar-refractivity contribution < 1.29 is 9.21 Å². The monoisotopic (exact) mass is 333 g/mol. The van der Waals surface area contributed by atoms with Crippen molar-refractivity contribution in [2.75, 3.05) is 5.32 Å². The van der Waals surface area contributed by atoms with E-state index in [4.69, 9.17) is 4.42 Å². The number of carbonyl (C=O) groups is 1. The van der Waals surface area contributed by atoms with Gasteiger partial charge in [0.05, 0.1) is 0 Å². The summed E-state index contributed by atoms with van der Waals surface area (Å²) < 4.78 is 7.23. The number of anilines is 1. The Labute approximate surface area is 143 Å². The van der Waals surface area contributed by atoms with Crippen LogP contribution in [0, 0.1) is 6.92 Å². The van der Waals surface area contributed by atoms with Crippen LogP contribution >= 0.6 is 0 Å². The van der Waals surface area contributed by atoms with E-state index in [2.05, 4.69) is 20.6 Å². The lowest BCUT2D eigenvalue weighted by Gasteiger charge is -2.05. The second-order valence-electron chi connectivity index (χ2n) is 5.69. The van der Waals surface area contributed by atoms with Crippen LogP contribution in [-0.2, 0) is 7.05 Å². The highest BCUT2D eigenvalue weighted by Gasteiger charge is 2.16. The van der Waals surface area contributed by atoms with E-state index in [1.54, 1.807) is 10.7 Å². The van der Waals surface area contributed by atoms with Crippen molar-refractivity contribution in [2.24, 2.45) is 7.05 Å². The summed E-state index contributed by atoms with van der Waals surface area (Å²) in [5.74, 6) is -0.0406. The molecular formula is C18H15N5O2. The molecule has 4 rings (SSSR count). The van der Waals surface area contributed by atoms with E-state index < -0.39 is 0 Å². The van der Waals surface area contributed by atoms with Crippen molar-refractivity contribution in [1.29, 1.82) is 0 Å². The summed E-state index contributed by atoms with van der Waals surface area (Å²) in [4.78, 5) is 12.6. The highest BCUT2D eigenvalue weighted by molar-refractivity contribution is 6.12. The van der Waals surface area contributed by atoms with Crippen molar-refractivity contribution >= 4 is 22.7 Å². The molecule has 2 aromatic heterocycles. The molecule has 0 atom stereocenters. The highest BCUT2D eigenvalue weighted by Crippen LogP contribution is 2.22. The molecular weight excluding hydrogens is 318 g/mol. The molecule has 0 fully saturated rings. The Kier molecular flexibility index (Phi) is 3.53. The predicted octanol–water partition coefficient (Wildman–Crippen LogP) is 3.18. The number of benzene rings is 2. The molecule has 124 valence electrons. The van der Waals surface area contributed by atoms with Crippen LogP contribution in [0.5, 0.6) is 0 Å². The highest BCUT2D eigenvalue weighted by atomic mass is 16.4. The smallest absolute Gasteiger partial charge is 0.322 e. The topological polar surface area (TPSA) is 85.8 Å². The minimum absolute atomic E-state index is 0.0382. The number of fused-ring (bicyclic) bond motifs is 1. The maximum Gasteiger partial charge on any atom is 0.322 e. The standard InChI is InChI=1S/C18H15N5O2/c1-11-10-15(22-23(11)2)17-20-21-18(25-17)19-16(24)14-9-5-7-12-6-3-4-8-13(12)14/h3-10H,1-2H3,(H,19,21,24). The van der Waals surface area contributed by atoms with Crippen LogP contribution in [0.3, 0.4) is 0 Å². The average molecular weight is 333 g/mol. The van der Waals surface area contributed by atoms with Gasteiger partial charge >= 0.3 is 6.01 Å². The summed E-state index contributed by atoms with van der Waals surface area (Å²) >= 11 is 0. The number of aromatic nitrogens is 4. The van der Waals surface area contributed by atoms with Gasteiger partial charge in [-0.15, -0.1) is 5.10 Å². The van der Waals surface area contributed by atoms with Gasteiger partial charge in [0.2, 0.25) is 0 Å². The molecule has 4 aromatic rings. The number of carbonyl (C=O) groups excluding carboxylic acids is 1. The third kappa shape index (κ3) is 2.76. The number of nitrogens with one attached hydrogen (secondary N) is 1. The number of amides is 1. The minimum Gasteiger partial charge on any atom is -0.401 e. The zero-order valence-corrected chi connectivity index (χ0v) is 13.7. The zero-order chi connectivity index (χ0) is 17.4. The molecule has 7 heteroatoms.